The molecule has 1 aliphatic carbocycles. The summed E-state index contributed by atoms with van der Waals surface area (Å²) in [5.74, 6) is 1.37. The molecule has 2 aromatic heterocycles. The first-order chi connectivity index (χ1) is 11.2. The topological polar surface area (TPSA) is 60.7 Å². The van der Waals surface area contributed by atoms with Crippen molar-refractivity contribution in [1.29, 1.82) is 0 Å². The minimum atomic E-state index is 0.0928. The Labute approximate surface area is 138 Å². The zero-order valence-corrected chi connectivity index (χ0v) is 13.8. The van der Waals surface area contributed by atoms with E-state index in [2.05, 4.69) is 27.7 Å². The Morgan fingerprint density at radius 2 is 2.09 bits per heavy atom. The van der Waals surface area contributed by atoms with Crippen LogP contribution in [0.5, 0.6) is 0 Å². The number of tetrazole rings is 1. The van der Waals surface area contributed by atoms with E-state index in [1.54, 1.807) is 16.0 Å². The van der Waals surface area contributed by atoms with Gasteiger partial charge >= 0.3 is 0 Å². The lowest BCUT2D eigenvalue weighted by Crippen LogP contribution is -2.16. The third kappa shape index (κ3) is 2.57. The molecule has 1 fully saturated rings. The van der Waals surface area contributed by atoms with Crippen LogP contribution in [0.3, 0.4) is 0 Å². The van der Waals surface area contributed by atoms with E-state index in [4.69, 9.17) is 0 Å². The van der Waals surface area contributed by atoms with Crippen molar-refractivity contribution in [1.82, 2.24) is 20.2 Å². The summed E-state index contributed by atoms with van der Waals surface area (Å²) >= 11 is 1.56. The van der Waals surface area contributed by atoms with Crippen molar-refractivity contribution in [2.75, 3.05) is 0 Å². The number of benzene rings is 1. The van der Waals surface area contributed by atoms with Crippen LogP contribution in [-0.4, -0.2) is 26.0 Å². The van der Waals surface area contributed by atoms with Crippen LogP contribution in [0.25, 0.3) is 10.1 Å². The molecule has 23 heavy (non-hydrogen) atoms. The van der Waals surface area contributed by atoms with Crippen LogP contribution in [0.4, 0.5) is 0 Å². The van der Waals surface area contributed by atoms with Crippen LogP contribution < -0.4 is 0 Å². The Balaban J connectivity index is 1.62. The number of Topliss-reactive ketones (excluding diaryl/α,β-unsaturated/α-hetero) is 1. The molecule has 5 nitrogen and oxygen atoms in total. The molecule has 0 amide bonds. The second kappa shape index (κ2) is 5.85. The van der Waals surface area contributed by atoms with E-state index in [0.717, 1.165) is 39.2 Å². The fourth-order valence-corrected chi connectivity index (χ4v) is 4.59. The van der Waals surface area contributed by atoms with Gasteiger partial charge in [-0.2, -0.15) is 0 Å². The highest BCUT2D eigenvalue weighted by Gasteiger charge is 2.25. The molecule has 0 aliphatic heterocycles. The van der Waals surface area contributed by atoms with Gasteiger partial charge in [-0.3, -0.25) is 4.79 Å². The van der Waals surface area contributed by atoms with E-state index in [-0.39, 0.29) is 12.3 Å². The molecule has 6 heteroatoms. The van der Waals surface area contributed by atoms with Crippen LogP contribution in [0.2, 0.25) is 0 Å². The summed E-state index contributed by atoms with van der Waals surface area (Å²) < 4.78 is 2.85. The van der Waals surface area contributed by atoms with Gasteiger partial charge in [0, 0.05) is 10.6 Å². The molecule has 0 saturated heterocycles. The van der Waals surface area contributed by atoms with Crippen LogP contribution in [-0.2, 0) is 6.54 Å². The number of nitrogens with zero attached hydrogens (tertiary/aromatic N) is 4. The molecule has 3 aromatic rings. The molecule has 0 radical (unpaired) electrons. The number of rotatable bonds is 4. The quantitative estimate of drug-likeness (QED) is 0.685. The van der Waals surface area contributed by atoms with Gasteiger partial charge in [0.05, 0.1) is 4.88 Å². The molecule has 118 valence electrons. The summed E-state index contributed by atoms with van der Waals surface area (Å²) in [6, 6.07) is 8.14. The number of aryl methyl sites for hydroxylation is 1. The van der Waals surface area contributed by atoms with Gasteiger partial charge in [0.2, 0.25) is 0 Å². The molecular weight excluding hydrogens is 308 g/mol. The van der Waals surface area contributed by atoms with Crippen LogP contribution in [0, 0.1) is 6.92 Å². The molecule has 1 aromatic carbocycles. The van der Waals surface area contributed by atoms with Crippen LogP contribution in [0.15, 0.2) is 24.3 Å². The fraction of sp³-hybridized carbons (Fsp3) is 0.412. The minimum absolute atomic E-state index is 0.0928. The highest BCUT2D eigenvalue weighted by atomic mass is 32.1. The maximum absolute atomic E-state index is 12.8. The monoisotopic (exact) mass is 326 g/mol. The Hall–Kier alpha value is -2.08. The normalized spacial score (nSPS) is 15.5. The summed E-state index contributed by atoms with van der Waals surface area (Å²) in [7, 11) is 0. The molecular formula is C17H18N4OS. The third-order valence-electron chi connectivity index (χ3n) is 4.67. The van der Waals surface area contributed by atoms with E-state index in [9.17, 15) is 4.79 Å². The lowest BCUT2D eigenvalue weighted by Gasteiger charge is -2.08. The zero-order chi connectivity index (χ0) is 15.8. The number of aromatic nitrogens is 4. The van der Waals surface area contributed by atoms with E-state index in [0.29, 0.717) is 5.92 Å². The van der Waals surface area contributed by atoms with Gasteiger partial charge in [-0.05, 0) is 47.2 Å². The molecule has 0 spiro atoms. The maximum Gasteiger partial charge on any atom is 0.194 e. The second-order valence-corrected chi connectivity index (χ2v) is 7.20. The lowest BCUT2D eigenvalue weighted by atomic mass is 10.1. The summed E-state index contributed by atoms with van der Waals surface area (Å²) in [4.78, 5) is 13.6. The Kier molecular flexibility index (Phi) is 3.69. The lowest BCUT2D eigenvalue weighted by molar-refractivity contribution is 0.0968. The number of hydrogen-bond donors (Lipinski definition) is 0. The van der Waals surface area contributed by atoms with Crippen molar-refractivity contribution in [2.24, 2.45) is 0 Å². The number of thiophene rings is 1. The first kappa shape index (κ1) is 14.5. The van der Waals surface area contributed by atoms with E-state index < -0.39 is 0 Å². The van der Waals surface area contributed by atoms with Gasteiger partial charge in [0.15, 0.2) is 11.6 Å². The smallest absolute Gasteiger partial charge is 0.194 e. The van der Waals surface area contributed by atoms with Gasteiger partial charge in [-0.1, -0.05) is 31.0 Å². The van der Waals surface area contributed by atoms with Crippen molar-refractivity contribution in [2.45, 2.75) is 45.1 Å². The Morgan fingerprint density at radius 1 is 1.30 bits per heavy atom. The number of hydrogen-bond acceptors (Lipinski definition) is 5. The van der Waals surface area contributed by atoms with Gasteiger partial charge in [-0.25, -0.2) is 4.68 Å². The Bertz CT molecular complexity index is 860. The predicted octanol–water partition coefficient (Wildman–Crippen LogP) is 3.74. The molecule has 4 rings (SSSR count). The summed E-state index contributed by atoms with van der Waals surface area (Å²) in [6.07, 6.45) is 4.69. The average molecular weight is 326 g/mol. The molecule has 0 bridgehead atoms. The predicted molar refractivity (Wildman–Crippen MR) is 89.9 cm³/mol. The van der Waals surface area contributed by atoms with E-state index in [1.807, 2.05) is 19.1 Å². The maximum atomic E-state index is 12.8. The number of fused-ring (bicyclic) bond motifs is 1. The first-order valence-electron chi connectivity index (χ1n) is 8.01. The van der Waals surface area contributed by atoms with Crippen molar-refractivity contribution < 1.29 is 4.79 Å². The third-order valence-corrected chi connectivity index (χ3v) is 5.98. The second-order valence-electron chi connectivity index (χ2n) is 6.15. The van der Waals surface area contributed by atoms with Crippen LogP contribution in [0.1, 0.15) is 52.7 Å². The SMILES string of the molecule is Cc1c(C(=O)Cn2nnnc2C2CCCC2)sc2ccccc12. The highest BCUT2D eigenvalue weighted by molar-refractivity contribution is 7.21. The van der Waals surface area contributed by atoms with Crippen LogP contribution >= 0.6 is 11.3 Å². The molecule has 0 atom stereocenters. The Morgan fingerprint density at radius 3 is 2.87 bits per heavy atom. The molecule has 1 aliphatic rings. The largest absolute Gasteiger partial charge is 0.291 e. The summed E-state index contributed by atoms with van der Waals surface area (Å²) in [5.41, 5.74) is 1.06. The van der Waals surface area contributed by atoms with E-state index in [1.165, 1.54) is 12.8 Å². The van der Waals surface area contributed by atoms with Gasteiger partial charge in [-0.15, -0.1) is 16.4 Å². The van der Waals surface area contributed by atoms with Crippen molar-refractivity contribution in [3.63, 3.8) is 0 Å². The average Bonchev–Trinajstić information content (AvgIpc) is 3.27. The molecule has 0 N–H and O–H groups in total. The van der Waals surface area contributed by atoms with Gasteiger partial charge < -0.3 is 0 Å². The number of ketones is 1. The molecule has 1 saturated carbocycles. The summed E-state index contributed by atoms with van der Waals surface area (Å²) in [5, 5.41) is 13.2. The summed E-state index contributed by atoms with van der Waals surface area (Å²) in [6.45, 7) is 2.25. The standard InChI is InChI=1S/C17H18N4OS/c1-11-13-8-4-5-9-15(13)23-16(11)14(22)10-21-17(18-19-20-21)12-6-2-3-7-12/h4-5,8-9,12H,2-3,6-7,10H2,1H3. The number of carbonyl (C=O) groups is 1. The van der Waals surface area contributed by atoms with Crippen molar-refractivity contribution in [3.8, 4) is 0 Å². The highest BCUT2D eigenvalue weighted by Crippen LogP contribution is 2.33. The number of carbonyl (C=O) groups excluding carboxylic acids is 1. The van der Waals surface area contributed by atoms with Crippen molar-refractivity contribution in [3.05, 3.63) is 40.5 Å². The van der Waals surface area contributed by atoms with Gasteiger partial charge in [0.1, 0.15) is 6.54 Å². The minimum Gasteiger partial charge on any atom is -0.291 e. The molecule has 2 heterocycles. The van der Waals surface area contributed by atoms with E-state index >= 15 is 0 Å². The first-order valence-corrected chi connectivity index (χ1v) is 8.83. The van der Waals surface area contributed by atoms with Gasteiger partial charge in [0.25, 0.3) is 0 Å². The molecule has 0 unspecified atom stereocenters. The van der Waals surface area contributed by atoms with Crippen molar-refractivity contribution >= 4 is 27.2 Å². The fourth-order valence-electron chi connectivity index (χ4n) is 3.45. The zero-order valence-electron chi connectivity index (χ0n) is 13.0.